The highest BCUT2D eigenvalue weighted by atomic mass is 16.2. The molecule has 1 N–H and O–H groups in total. The Labute approximate surface area is 78.4 Å². The van der Waals surface area contributed by atoms with E-state index in [0.29, 0.717) is 6.42 Å². The fourth-order valence-corrected chi connectivity index (χ4v) is 1.02. The number of hydrogen-bond donors (Lipinski definition) is 1. The highest BCUT2D eigenvalue weighted by molar-refractivity contribution is 5.35. The van der Waals surface area contributed by atoms with Crippen LogP contribution in [0.3, 0.4) is 0 Å². The highest BCUT2D eigenvalue weighted by Crippen LogP contribution is 2.02. The minimum atomic E-state index is 0.119. The van der Waals surface area contributed by atoms with E-state index in [1.807, 2.05) is 24.7 Å². The van der Waals surface area contributed by atoms with E-state index in [1.54, 1.807) is 0 Å². The van der Waals surface area contributed by atoms with Gasteiger partial charge in [-0.05, 0) is 13.8 Å². The van der Waals surface area contributed by atoms with Gasteiger partial charge < -0.3 is 5.11 Å². The molecule has 0 saturated carbocycles. The molecule has 0 bridgehead atoms. The summed E-state index contributed by atoms with van der Waals surface area (Å²) in [6.07, 6.45) is 2.45. The number of hydrogen-bond acceptors (Lipinski definition) is 2. The predicted molar refractivity (Wildman–Crippen MR) is 51.2 cm³/mol. The standard InChI is InChI=1S/C10H14N2O/c1-3-12-8-10(9(2)11-12)6-4-5-7-13/h8,13H,3,5,7H2,1-2H3. The van der Waals surface area contributed by atoms with Crippen molar-refractivity contribution in [2.24, 2.45) is 0 Å². The molecular formula is C10H14N2O. The van der Waals surface area contributed by atoms with Gasteiger partial charge in [0.05, 0.1) is 17.9 Å². The minimum Gasteiger partial charge on any atom is -0.395 e. The molecule has 0 radical (unpaired) electrons. The van der Waals surface area contributed by atoms with Gasteiger partial charge in [0.25, 0.3) is 0 Å². The lowest BCUT2D eigenvalue weighted by Gasteiger charge is -1.88. The number of aliphatic hydroxyl groups excluding tert-OH is 1. The molecule has 0 amide bonds. The van der Waals surface area contributed by atoms with Crippen LogP contribution in [-0.4, -0.2) is 21.5 Å². The summed E-state index contributed by atoms with van der Waals surface area (Å²) < 4.78 is 1.86. The van der Waals surface area contributed by atoms with Crippen LogP contribution in [0.5, 0.6) is 0 Å². The number of aromatic nitrogens is 2. The molecule has 1 heterocycles. The van der Waals surface area contributed by atoms with Crippen LogP contribution in [0.1, 0.15) is 24.6 Å². The van der Waals surface area contributed by atoms with Gasteiger partial charge in [-0.3, -0.25) is 4.68 Å². The first-order chi connectivity index (χ1) is 6.27. The lowest BCUT2D eigenvalue weighted by molar-refractivity contribution is 0.305. The summed E-state index contributed by atoms with van der Waals surface area (Å²) in [5, 5.41) is 12.8. The molecule has 0 aliphatic heterocycles. The molecular weight excluding hydrogens is 164 g/mol. The zero-order valence-corrected chi connectivity index (χ0v) is 8.04. The van der Waals surface area contributed by atoms with Gasteiger partial charge in [-0.25, -0.2) is 0 Å². The molecule has 13 heavy (non-hydrogen) atoms. The molecule has 70 valence electrons. The minimum absolute atomic E-state index is 0.119. The monoisotopic (exact) mass is 178 g/mol. The van der Waals surface area contributed by atoms with Gasteiger partial charge in [-0.15, -0.1) is 0 Å². The van der Waals surface area contributed by atoms with Crippen molar-refractivity contribution in [1.29, 1.82) is 0 Å². The van der Waals surface area contributed by atoms with Crippen LogP contribution < -0.4 is 0 Å². The molecule has 0 fully saturated rings. The second-order valence-corrected chi connectivity index (χ2v) is 2.76. The van der Waals surface area contributed by atoms with E-state index in [1.165, 1.54) is 0 Å². The van der Waals surface area contributed by atoms with Gasteiger partial charge in [-0.2, -0.15) is 5.10 Å². The van der Waals surface area contributed by atoms with Crippen LogP contribution >= 0.6 is 0 Å². The Morgan fingerprint density at radius 3 is 2.92 bits per heavy atom. The van der Waals surface area contributed by atoms with Gasteiger partial charge in [0.2, 0.25) is 0 Å². The second-order valence-electron chi connectivity index (χ2n) is 2.76. The zero-order valence-electron chi connectivity index (χ0n) is 8.04. The average molecular weight is 178 g/mol. The number of aliphatic hydroxyl groups is 1. The predicted octanol–water partition coefficient (Wildman–Crippen LogP) is 0.945. The molecule has 1 aromatic heterocycles. The first-order valence-corrected chi connectivity index (χ1v) is 4.41. The largest absolute Gasteiger partial charge is 0.395 e. The summed E-state index contributed by atoms with van der Waals surface area (Å²) in [5.41, 5.74) is 1.91. The van der Waals surface area contributed by atoms with Crippen molar-refractivity contribution in [3.8, 4) is 11.8 Å². The maximum Gasteiger partial charge on any atom is 0.0750 e. The zero-order chi connectivity index (χ0) is 9.68. The normalized spacial score (nSPS) is 9.46. The lowest BCUT2D eigenvalue weighted by Crippen LogP contribution is -1.93. The van der Waals surface area contributed by atoms with E-state index in [9.17, 15) is 0 Å². The summed E-state index contributed by atoms with van der Waals surface area (Å²) in [6.45, 7) is 4.96. The summed E-state index contributed by atoms with van der Waals surface area (Å²) in [4.78, 5) is 0. The van der Waals surface area contributed by atoms with Gasteiger partial charge in [0, 0.05) is 19.2 Å². The molecule has 0 aliphatic carbocycles. The van der Waals surface area contributed by atoms with Crippen molar-refractivity contribution < 1.29 is 5.11 Å². The van der Waals surface area contributed by atoms with Gasteiger partial charge in [0.15, 0.2) is 0 Å². The van der Waals surface area contributed by atoms with E-state index in [4.69, 9.17) is 5.11 Å². The molecule has 0 atom stereocenters. The van der Waals surface area contributed by atoms with Crippen LogP contribution in [0.25, 0.3) is 0 Å². The van der Waals surface area contributed by atoms with Gasteiger partial charge in [0.1, 0.15) is 0 Å². The summed E-state index contributed by atoms with van der Waals surface area (Å²) in [6, 6.07) is 0. The number of rotatable bonds is 2. The Kier molecular flexibility index (Phi) is 3.53. The number of aryl methyl sites for hydroxylation is 2. The maximum absolute atomic E-state index is 8.54. The molecule has 0 saturated heterocycles. The molecule has 1 rings (SSSR count). The molecule has 0 aromatic carbocycles. The Bertz CT molecular complexity index is 330. The van der Waals surface area contributed by atoms with Gasteiger partial charge in [-0.1, -0.05) is 11.8 Å². The third kappa shape index (κ3) is 2.60. The Balaban J connectivity index is 2.78. The molecule has 0 aliphatic rings. The summed E-state index contributed by atoms with van der Waals surface area (Å²) >= 11 is 0. The topological polar surface area (TPSA) is 38.0 Å². The third-order valence-electron chi connectivity index (χ3n) is 1.73. The van der Waals surface area contributed by atoms with Crippen molar-refractivity contribution in [1.82, 2.24) is 9.78 Å². The van der Waals surface area contributed by atoms with Crippen LogP contribution in [0.15, 0.2) is 6.20 Å². The van der Waals surface area contributed by atoms with Crippen LogP contribution in [-0.2, 0) is 6.54 Å². The molecule has 3 nitrogen and oxygen atoms in total. The first kappa shape index (κ1) is 9.82. The van der Waals surface area contributed by atoms with Crippen LogP contribution in [0.4, 0.5) is 0 Å². The summed E-state index contributed by atoms with van der Waals surface area (Å²) in [7, 11) is 0. The van der Waals surface area contributed by atoms with E-state index in [-0.39, 0.29) is 6.61 Å². The van der Waals surface area contributed by atoms with E-state index >= 15 is 0 Å². The van der Waals surface area contributed by atoms with E-state index < -0.39 is 0 Å². The fraction of sp³-hybridized carbons (Fsp3) is 0.500. The SMILES string of the molecule is CCn1cc(C#CCCO)c(C)n1. The van der Waals surface area contributed by atoms with Crippen LogP contribution in [0, 0.1) is 18.8 Å². The second kappa shape index (κ2) is 4.68. The molecule has 3 heteroatoms. The van der Waals surface area contributed by atoms with E-state index in [0.717, 1.165) is 17.8 Å². The van der Waals surface area contributed by atoms with E-state index in [2.05, 4.69) is 16.9 Å². The maximum atomic E-state index is 8.54. The molecule has 0 unspecified atom stereocenters. The summed E-state index contributed by atoms with van der Waals surface area (Å²) in [5.74, 6) is 5.85. The fourth-order valence-electron chi connectivity index (χ4n) is 1.02. The number of nitrogens with zero attached hydrogens (tertiary/aromatic N) is 2. The van der Waals surface area contributed by atoms with Crippen molar-refractivity contribution in [3.05, 3.63) is 17.5 Å². The smallest absolute Gasteiger partial charge is 0.0750 e. The van der Waals surface area contributed by atoms with Gasteiger partial charge >= 0.3 is 0 Å². The highest BCUT2D eigenvalue weighted by Gasteiger charge is 1.99. The Morgan fingerprint density at radius 2 is 2.38 bits per heavy atom. The van der Waals surface area contributed by atoms with Crippen molar-refractivity contribution in [3.63, 3.8) is 0 Å². The Hall–Kier alpha value is -1.27. The van der Waals surface area contributed by atoms with Crippen molar-refractivity contribution >= 4 is 0 Å². The quantitative estimate of drug-likeness (QED) is 0.684. The Morgan fingerprint density at radius 1 is 1.62 bits per heavy atom. The van der Waals surface area contributed by atoms with Crippen LogP contribution in [0.2, 0.25) is 0 Å². The molecule has 1 aromatic rings. The first-order valence-electron chi connectivity index (χ1n) is 4.41. The lowest BCUT2D eigenvalue weighted by atomic mass is 10.2. The molecule has 0 spiro atoms. The van der Waals surface area contributed by atoms with Crippen molar-refractivity contribution in [2.75, 3.05) is 6.61 Å². The average Bonchev–Trinajstić information content (AvgIpc) is 2.48. The van der Waals surface area contributed by atoms with Crippen molar-refractivity contribution in [2.45, 2.75) is 26.8 Å². The third-order valence-corrected chi connectivity index (χ3v) is 1.73.